The fourth-order valence-electron chi connectivity index (χ4n) is 2.54. The van der Waals surface area contributed by atoms with Gasteiger partial charge in [-0.3, -0.25) is 4.79 Å². The number of likely N-dealkylation sites (tertiary alicyclic amines) is 1. The van der Waals surface area contributed by atoms with Crippen molar-refractivity contribution in [2.45, 2.75) is 39.2 Å². The molecule has 1 amide bonds. The Balaban J connectivity index is 1.99. The second-order valence-electron chi connectivity index (χ2n) is 5.25. The van der Waals surface area contributed by atoms with Crippen molar-refractivity contribution < 1.29 is 4.79 Å². The van der Waals surface area contributed by atoms with E-state index in [0.717, 1.165) is 19.5 Å². The minimum Gasteiger partial charge on any atom is -0.342 e. The Morgan fingerprint density at radius 2 is 1.93 bits per heavy atom. The summed E-state index contributed by atoms with van der Waals surface area (Å²) in [6.45, 7) is 6.14. The Hall–Kier alpha value is -0.570. The third-order valence-corrected chi connectivity index (χ3v) is 4.06. The van der Waals surface area contributed by atoms with Gasteiger partial charge in [0.25, 0.3) is 0 Å². The largest absolute Gasteiger partial charge is 0.342 e. The van der Waals surface area contributed by atoms with Gasteiger partial charge in [-0.1, -0.05) is 13.8 Å². The van der Waals surface area contributed by atoms with Gasteiger partial charge in [0.1, 0.15) is 0 Å². The maximum absolute atomic E-state index is 12.1. The Labute approximate surface area is 85.6 Å². The van der Waals surface area contributed by atoms with E-state index in [1.165, 1.54) is 12.8 Å². The Kier molecular flexibility index (Phi) is 2.30. The van der Waals surface area contributed by atoms with E-state index < -0.39 is 0 Å². The monoisotopic (exact) mass is 196 g/mol. The fraction of sp³-hybridized carbons (Fsp3) is 0.909. The van der Waals surface area contributed by atoms with E-state index in [1.54, 1.807) is 0 Å². The van der Waals surface area contributed by atoms with E-state index >= 15 is 0 Å². The average molecular weight is 196 g/mol. The molecule has 0 spiro atoms. The highest BCUT2D eigenvalue weighted by Gasteiger charge is 2.51. The van der Waals surface area contributed by atoms with Gasteiger partial charge in [0.05, 0.1) is 0 Å². The SMILES string of the molecule is CC1(C)C(N)CC1C(=O)N1CCCC1. The zero-order valence-electron chi connectivity index (χ0n) is 9.12. The molecule has 0 aromatic carbocycles. The number of rotatable bonds is 1. The van der Waals surface area contributed by atoms with Crippen molar-refractivity contribution in [1.82, 2.24) is 4.90 Å². The molecule has 0 radical (unpaired) electrons. The molecule has 3 nitrogen and oxygen atoms in total. The van der Waals surface area contributed by atoms with Gasteiger partial charge in [0, 0.05) is 25.0 Å². The summed E-state index contributed by atoms with van der Waals surface area (Å²) in [5, 5.41) is 0. The third-order valence-electron chi connectivity index (χ3n) is 4.06. The molecule has 3 heteroatoms. The first-order chi connectivity index (χ1) is 6.53. The normalized spacial score (nSPS) is 35.5. The molecule has 80 valence electrons. The number of nitrogens with two attached hydrogens (primary N) is 1. The number of nitrogens with zero attached hydrogens (tertiary/aromatic N) is 1. The fourth-order valence-corrected chi connectivity index (χ4v) is 2.54. The lowest BCUT2D eigenvalue weighted by atomic mass is 9.58. The first-order valence-corrected chi connectivity index (χ1v) is 5.58. The lowest BCUT2D eigenvalue weighted by molar-refractivity contribution is -0.146. The summed E-state index contributed by atoms with van der Waals surface area (Å²) in [7, 11) is 0. The lowest BCUT2D eigenvalue weighted by Gasteiger charge is -2.50. The number of hydrogen-bond donors (Lipinski definition) is 1. The molecule has 0 bridgehead atoms. The molecule has 2 rings (SSSR count). The smallest absolute Gasteiger partial charge is 0.226 e. The summed E-state index contributed by atoms with van der Waals surface area (Å²) in [6.07, 6.45) is 3.22. The molecule has 14 heavy (non-hydrogen) atoms. The van der Waals surface area contributed by atoms with Gasteiger partial charge in [0.15, 0.2) is 0 Å². The van der Waals surface area contributed by atoms with Gasteiger partial charge in [0.2, 0.25) is 5.91 Å². The first kappa shape index (κ1) is 9.97. The molecule has 1 saturated carbocycles. The van der Waals surface area contributed by atoms with Gasteiger partial charge >= 0.3 is 0 Å². The van der Waals surface area contributed by atoms with Gasteiger partial charge in [-0.2, -0.15) is 0 Å². The van der Waals surface area contributed by atoms with Crippen LogP contribution in [-0.2, 0) is 4.79 Å². The Morgan fingerprint density at radius 1 is 1.36 bits per heavy atom. The minimum absolute atomic E-state index is 0.0136. The van der Waals surface area contributed by atoms with Crippen molar-refractivity contribution in [3.63, 3.8) is 0 Å². The molecule has 2 unspecified atom stereocenters. The summed E-state index contributed by atoms with van der Waals surface area (Å²) in [5.74, 6) is 0.518. The van der Waals surface area contributed by atoms with Crippen LogP contribution < -0.4 is 5.73 Å². The molecule has 2 aliphatic rings. The van der Waals surface area contributed by atoms with Gasteiger partial charge in [-0.05, 0) is 24.7 Å². The standard InChI is InChI=1S/C11H20N2O/c1-11(2)8(7-9(11)12)10(14)13-5-3-4-6-13/h8-9H,3-7,12H2,1-2H3. The molecule has 1 saturated heterocycles. The summed E-state index contributed by atoms with van der Waals surface area (Å²) in [6, 6.07) is 0.207. The van der Waals surface area contributed by atoms with Crippen LogP contribution in [0.25, 0.3) is 0 Å². The van der Waals surface area contributed by atoms with Crippen LogP contribution in [0.3, 0.4) is 0 Å². The van der Waals surface area contributed by atoms with E-state index in [0.29, 0.717) is 5.91 Å². The molecular weight excluding hydrogens is 176 g/mol. The molecule has 1 heterocycles. The van der Waals surface area contributed by atoms with Crippen molar-refractivity contribution in [2.24, 2.45) is 17.1 Å². The molecule has 2 atom stereocenters. The molecule has 1 aliphatic heterocycles. The zero-order valence-corrected chi connectivity index (χ0v) is 9.12. The van der Waals surface area contributed by atoms with E-state index in [4.69, 9.17) is 5.73 Å². The lowest BCUT2D eigenvalue weighted by Crippen LogP contribution is -2.59. The zero-order chi connectivity index (χ0) is 10.3. The highest BCUT2D eigenvalue weighted by molar-refractivity contribution is 5.81. The molecule has 2 fully saturated rings. The summed E-state index contributed by atoms with van der Waals surface area (Å²) >= 11 is 0. The predicted octanol–water partition coefficient (Wildman–Crippen LogP) is 0.982. The highest BCUT2D eigenvalue weighted by atomic mass is 16.2. The topological polar surface area (TPSA) is 46.3 Å². The van der Waals surface area contributed by atoms with Crippen LogP contribution in [0, 0.1) is 11.3 Å². The Morgan fingerprint density at radius 3 is 2.36 bits per heavy atom. The number of amides is 1. The molecule has 0 aromatic rings. The predicted molar refractivity (Wildman–Crippen MR) is 55.7 cm³/mol. The van der Waals surface area contributed by atoms with E-state index in [1.807, 2.05) is 4.90 Å². The summed E-state index contributed by atoms with van der Waals surface area (Å²) in [4.78, 5) is 14.1. The number of carbonyl (C=O) groups excluding carboxylic acids is 1. The van der Waals surface area contributed by atoms with E-state index in [-0.39, 0.29) is 17.4 Å². The molecular formula is C11H20N2O. The Bertz CT molecular complexity index is 244. The number of hydrogen-bond acceptors (Lipinski definition) is 2. The van der Waals surface area contributed by atoms with Crippen molar-refractivity contribution in [2.75, 3.05) is 13.1 Å². The van der Waals surface area contributed by atoms with Crippen LogP contribution in [0.15, 0.2) is 0 Å². The van der Waals surface area contributed by atoms with Crippen LogP contribution in [0.1, 0.15) is 33.1 Å². The van der Waals surface area contributed by atoms with Crippen LogP contribution in [-0.4, -0.2) is 29.9 Å². The van der Waals surface area contributed by atoms with E-state index in [2.05, 4.69) is 13.8 Å². The maximum atomic E-state index is 12.1. The number of carbonyl (C=O) groups is 1. The van der Waals surface area contributed by atoms with Gasteiger partial charge in [-0.25, -0.2) is 0 Å². The molecule has 0 aromatic heterocycles. The minimum atomic E-state index is 0.0136. The second kappa shape index (κ2) is 3.23. The van der Waals surface area contributed by atoms with Gasteiger partial charge < -0.3 is 10.6 Å². The van der Waals surface area contributed by atoms with E-state index in [9.17, 15) is 4.79 Å². The highest BCUT2D eigenvalue weighted by Crippen LogP contribution is 2.46. The van der Waals surface area contributed by atoms with Crippen molar-refractivity contribution in [1.29, 1.82) is 0 Å². The van der Waals surface area contributed by atoms with Crippen molar-refractivity contribution in [3.05, 3.63) is 0 Å². The van der Waals surface area contributed by atoms with Crippen LogP contribution in [0.4, 0.5) is 0 Å². The summed E-state index contributed by atoms with van der Waals surface area (Å²) in [5.41, 5.74) is 5.93. The van der Waals surface area contributed by atoms with Crippen LogP contribution in [0.2, 0.25) is 0 Å². The van der Waals surface area contributed by atoms with Crippen molar-refractivity contribution >= 4 is 5.91 Å². The van der Waals surface area contributed by atoms with Crippen LogP contribution in [0.5, 0.6) is 0 Å². The maximum Gasteiger partial charge on any atom is 0.226 e. The average Bonchev–Trinajstić information content (AvgIpc) is 2.65. The second-order valence-corrected chi connectivity index (χ2v) is 5.25. The van der Waals surface area contributed by atoms with Crippen molar-refractivity contribution in [3.8, 4) is 0 Å². The molecule has 1 aliphatic carbocycles. The first-order valence-electron chi connectivity index (χ1n) is 5.58. The molecule has 2 N–H and O–H groups in total. The third kappa shape index (κ3) is 1.34. The van der Waals surface area contributed by atoms with Gasteiger partial charge in [-0.15, -0.1) is 0 Å². The quantitative estimate of drug-likeness (QED) is 0.679. The summed E-state index contributed by atoms with van der Waals surface area (Å²) < 4.78 is 0. The van der Waals surface area contributed by atoms with Crippen LogP contribution >= 0.6 is 0 Å².